The van der Waals surface area contributed by atoms with E-state index >= 15 is 0 Å². The van der Waals surface area contributed by atoms with Crippen LogP contribution in [-0.2, 0) is 4.79 Å². The van der Waals surface area contributed by atoms with Crippen LogP contribution >= 0.6 is 0 Å². The van der Waals surface area contributed by atoms with Gasteiger partial charge in [0.1, 0.15) is 5.82 Å². The maximum absolute atomic E-state index is 13.7. The second-order valence-corrected chi connectivity index (χ2v) is 7.44. The van der Waals surface area contributed by atoms with E-state index in [9.17, 15) is 9.18 Å². The second kappa shape index (κ2) is 8.55. The Morgan fingerprint density at radius 1 is 1.13 bits per heavy atom. The van der Waals surface area contributed by atoms with Crippen LogP contribution in [0.5, 0.6) is 5.88 Å². The fourth-order valence-electron chi connectivity index (χ4n) is 3.58. The molecule has 4 rings (SSSR count). The number of aromatic nitrogens is 3. The summed E-state index contributed by atoms with van der Waals surface area (Å²) in [5, 5.41) is 8.31. The van der Waals surface area contributed by atoms with Crippen LogP contribution in [0.25, 0.3) is 16.7 Å². The van der Waals surface area contributed by atoms with Crippen molar-refractivity contribution >= 4 is 16.9 Å². The molecule has 31 heavy (non-hydrogen) atoms. The Bertz CT molecular complexity index is 1240. The molecule has 2 heterocycles. The van der Waals surface area contributed by atoms with Crippen molar-refractivity contribution in [1.82, 2.24) is 20.1 Å². The molecule has 0 aliphatic carbocycles. The van der Waals surface area contributed by atoms with Crippen LogP contribution in [0.3, 0.4) is 0 Å². The average molecular weight is 418 g/mol. The largest absolute Gasteiger partial charge is 0.468 e. The Hall–Kier alpha value is -3.74. The maximum Gasteiger partial charge on any atom is 0.258 e. The lowest BCUT2D eigenvalue weighted by Gasteiger charge is -2.14. The van der Waals surface area contributed by atoms with E-state index in [4.69, 9.17) is 4.74 Å². The Kier molecular flexibility index (Phi) is 5.66. The number of fused-ring (bicyclic) bond motifs is 1. The Morgan fingerprint density at radius 3 is 2.65 bits per heavy atom. The molecule has 1 atom stereocenters. The monoisotopic (exact) mass is 418 g/mol. The average Bonchev–Trinajstić information content (AvgIpc) is 3.10. The van der Waals surface area contributed by atoms with Crippen LogP contribution in [0.2, 0.25) is 0 Å². The van der Waals surface area contributed by atoms with Crippen LogP contribution in [0.15, 0.2) is 60.7 Å². The molecular formula is C24H23FN4O2. The maximum atomic E-state index is 13.7. The van der Waals surface area contributed by atoms with Crippen LogP contribution in [0, 0.1) is 19.7 Å². The lowest BCUT2D eigenvalue weighted by atomic mass is 10.1. The second-order valence-electron chi connectivity index (χ2n) is 7.44. The lowest BCUT2D eigenvalue weighted by Crippen LogP contribution is -2.31. The number of carbonyl (C=O) groups excluding carboxylic acids is 1. The van der Waals surface area contributed by atoms with Crippen molar-refractivity contribution in [2.24, 2.45) is 0 Å². The van der Waals surface area contributed by atoms with E-state index in [0.717, 1.165) is 22.2 Å². The molecule has 1 N–H and O–H groups in total. The quantitative estimate of drug-likeness (QED) is 0.503. The number of benzene rings is 2. The molecule has 0 aliphatic rings. The van der Waals surface area contributed by atoms with E-state index in [1.165, 1.54) is 12.1 Å². The third-order valence-electron chi connectivity index (χ3n) is 5.07. The number of halogens is 1. The molecule has 0 unspecified atom stereocenters. The first kappa shape index (κ1) is 20.5. The molecule has 0 fully saturated rings. The number of nitrogens with one attached hydrogen (secondary N) is 1. The predicted octanol–water partition coefficient (Wildman–Crippen LogP) is 4.43. The van der Waals surface area contributed by atoms with E-state index in [2.05, 4.69) is 15.4 Å². The first-order valence-electron chi connectivity index (χ1n) is 10.0. The number of rotatable bonds is 6. The number of carbonyl (C=O) groups is 1. The van der Waals surface area contributed by atoms with Gasteiger partial charge in [-0.1, -0.05) is 36.4 Å². The van der Waals surface area contributed by atoms with Gasteiger partial charge in [-0.3, -0.25) is 4.79 Å². The van der Waals surface area contributed by atoms with E-state index in [0.29, 0.717) is 17.2 Å². The normalized spacial score (nSPS) is 12.0. The summed E-state index contributed by atoms with van der Waals surface area (Å²) >= 11 is 0. The standard InChI is InChI=1S/C24H23FN4O2/c1-15-12-22(31-14-21(30)26-16(2)18-8-5-4-6-9-18)27-24-23(15)17(3)28-29(24)20-11-7-10-19(25)13-20/h4-13,16H,14H2,1-3H3,(H,26,30)/t16-/m1/s1. The molecule has 6 nitrogen and oxygen atoms in total. The van der Waals surface area contributed by atoms with E-state index < -0.39 is 0 Å². The van der Waals surface area contributed by atoms with Gasteiger partial charge in [0.2, 0.25) is 5.88 Å². The summed E-state index contributed by atoms with van der Waals surface area (Å²) < 4.78 is 21.0. The summed E-state index contributed by atoms with van der Waals surface area (Å²) in [5.41, 5.74) is 3.83. The highest BCUT2D eigenvalue weighted by atomic mass is 19.1. The number of pyridine rings is 1. The predicted molar refractivity (Wildman–Crippen MR) is 117 cm³/mol. The number of nitrogens with zero attached hydrogens (tertiary/aromatic N) is 3. The van der Waals surface area contributed by atoms with Crippen molar-refractivity contribution in [3.63, 3.8) is 0 Å². The molecule has 0 saturated carbocycles. The van der Waals surface area contributed by atoms with Crippen molar-refractivity contribution in [2.45, 2.75) is 26.8 Å². The first-order chi connectivity index (χ1) is 14.9. The van der Waals surface area contributed by atoms with Crippen molar-refractivity contribution in [1.29, 1.82) is 0 Å². The fraction of sp³-hybridized carbons (Fsp3) is 0.208. The van der Waals surface area contributed by atoms with Crippen LogP contribution in [0.4, 0.5) is 4.39 Å². The molecule has 2 aromatic carbocycles. The molecule has 0 spiro atoms. The fourth-order valence-corrected chi connectivity index (χ4v) is 3.58. The summed E-state index contributed by atoms with van der Waals surface area (Å²) in [5.74, 6) is -0.289. The lowest BCUT2D eigenvalue weighted by molar-refractivity contribution is -0.123. The molecule has 0 saturated heterocycles. The zero-order valence-electron chi connectivity index (χ0n) is 17.6. The van der Waals surface area contributed by atoms with Gasteiger partial charge in [0.05, 0.1) is 17.4 Å². The highest BCUT2D eigenvalue weighted by Crippen LogP contribution is 2.27. The molecule has 2 aromatic heterocycles. The number of hydrogen-bond donors (Lipinski definition) is 1. The van der Waals surface area contributed by atoms with Crippen molar-refractivity contribution < 1.29 is 13.9 Å². The summed E-state index contributed by atoms with van der Waals surface area (Å²) in [7, 11) is 0. The van der Waals surface area contributed by atoms with Gasteiger partial charge in [-0.2, -0.15) is 10.1 Å². The minimum Gasteiger partial charge on any atom is -0.468 e. The number of aryl methyl sites for hydroxylation is 2. The van der Waals surface area contributed by atoms with Gasteiger partial charge in [0.25, 0.3) is 5.91 Å². The third kappa shape index (κ3) is 4.40. The van der Waals surface area contributed by atoms with Crippen LogP contribution in [0.1, 0.15) is 29.8 Å². The Labute approximate surface area is 179 Å². The highest BCUT2D eigenvalue weighted by Gasteiger charge is 2.16. The van der Waals surface area contributed by atoms with Gasteiger partial charge in [-0.25, -0.2) is 9.07 Å². The molecular weight excluding hydrogens is 395 g/mol. The minimum atomic E-state index is -0.355. The topological polar surface area (TPSA) is 69.0 Å². The molecule has 1 amide bonds. The summed E-state index contributed by atoms with van der Waals surface area (Å²) in [6.45, 7) is 5.56. The number of hydrogen-bond acceptors (Lipinski definition) is 4. The summed E-state index contributed by atoms with van der Waals surface area (Å²) in [6.07, 6.45) is 0. The Morgan fingerprint density at radius 2 is 1.90 bits per heavy atom. The molecule has 0 bridgehead atoms. The zero-order chi connectivity index (χ0) is 22.0. The van der Waals surface area contributed by atoms with Gasteiger partial charge >= 0.3 is 0 Å². The van der Waals surface area contributed by atoms with Crippen molar-refractivity contribution in [2.75, 3.05) is 6.61 Å². The highest BCUT2D eigenvalue weighted by molar-refractivity contribution is 5.84. The van der Waals surface area contributed by atoms with Gasteiger partial charge in [0, 0.05) is 11.5 Å². The minimum absolute atomic E-state index is 0.133. The molecule has 158 valence electrons. The smallest absolute Gasteiger partial charge is 0.258 e. The van der Waals surface area contributed by atoms with E-state index in [-0.39, 0.29) is 24.4 Å². The third-order valence-corrected chi connectivity index (χ3v) is 5.07. The molecule has 0 aliphatic heterocycles. The van der Waals surface area contributed by atoms with Crippen molar-refractivity contribution in [3.05, 3.63) is 83.3 Å². The van der Waals surface area contributed by atoms with E-state index in [1.54, 1.807) is 22.9 Å². The molecule has 0 radical (unpaired) electrons. The van der Waals surface area contributed by atoms with Gasteiger partial charge in [-0.15, -0.1) is 0 Å². The van der Waals surface area contributed by atoms with Gasteiger partial charge < -0.3 is 10.1 Å². The van der Waals surface area contributed by atoms with E-state index in [1.807, 2.05) is 51.1 Å². The SMILES string of the molecule is Cc1cc(OCC(=O)N[C@H](C)c2ccccc2)nc2c1c(C)nn2-c1cccc(F)c1. The van der Waals surface area contributed by atoms with Crippen molar-refractivity contribution in [3.8, 4) is 11.6 Å². The number of amides is 1. The first-order valence-corrected chi connectivity index (χ1v) is 10.0. The Balaban J connectivity index is 1.54. The van der Waals surface area contributed by atoms with Crippen LogP contribution in [-0.4, -0.2) is 27.3 Å². The number of ether oxygens (including phenoxy) is 1. The summed E-state index contributed by atoms with van der Waals surface area (Å²) in [4.78, 5) is 16.9. The summed E-state index contributed by atoms with van der Waals surface area (Å²) in [6, 6.07) is 17.5. The van der Waals surface area contributed by atoms with Crippen LogP contribution < -0.4 is 10.1 Å². The molecule has 7 heteroatoms. The molecule has 4 aromatic rings. The van der Waals surface area contributed by atoms with Gasteiger partial charge in [-0.05, 0) is 50.1 Å². The van der Waals surface area contributed by atoms with Gasteiger partial charge in [0.15, 0.2) is 12.3 Å². The zero-order valence-corrected chi connectivity index (χ0v) is 17.6.